The van der Waals surface area contributed by atoms with Crippen molar-refractivity contribution in [3.63, 3.8) is 0 Å². The lowest BCUT2D eigenvalue weighted by Crippen LogP contribution is -2.24. The van der Waals surface area contributed by atoms with E-state index in [0.29, 0.717) is 0 Å². The Morgan fingerprint density at radius 3 is 3.09 bits per heavy atom. The third-order valence-corrected chi connectivity index (χ3v) is 5.02. The molecule has 0 unspecified atom stereocenters. The number of nitriles is 1. The molecule has 0 spiro atoms. The van der Waals surface area contributed by atoms with Crippen LogP contribution in [0.15, 0.2) is 23.4 Å². The van der Waals surface area contributed by atoms with Crippen LogP contribution in [-0.2, 0) is 12.8 Å². The Balaban J connectivity index is 2.01. The second-order valence-corrected chi connectivity index (χ2v) is 6.56. The number of aromatic nitrogens is 1. The molecule has 2 aromatic heterocycles. The summed E-state index contributed by atoms with van der Waals surface area (Å²) in [4.78, 5) is 1.34. The third kappa shape index (κ3) is 2.75. The SMILES string of the molecule is N#Cc1c(-n2cccc2/C=N/NC(N)=S)sc2c1CCCC2. The number of hydrazone groups is 1. The summed E-state index contributed by atoms with van der Waals surface area (Å²) in [6, 6.07) is 6.25. The summed E-state index contributed by atoms with van der Waals surface area (Å²) in [5.74, 6) is 0. The summed E-state index contributed by atoms with van der Waals surface area (Å²) in [6.07, 6.45) is 8.04. The van der Waals surface area contributed by atoms with E-state index < -0.39 is 0 Å². The average molecular weight is 329 g/mol. The van der Waals surface area contributed by atoms with E-state index >= 15 is 0 Å². The van der Waals surface area contributed by atoms with Gasteiger partial charge in [0.2, 0.25) is 0 Å². The van der Waals surface area contributed by atoms with Gasteiger partial charge in [-0.1, -0.05) is 0 Å². The molecule has 22 heavy (non-hydrogen) atoms. The molecule has 3 N–H and O–H groups in total. The second-order valence-electron chi connectivity index (χ2n) is 5.04. The van der Waals surface area contributed by atoms with Gasteiger partial charge in [0.15, 0.2) is 5.11 Å². The lowest BCUT2D eigenvalue weighted by atomic mass is 9.96. The maximum atomic E-state index is 9.57. The Kier molecular flexibility index (Phi) is 4.22. The largest absolute Gasteiger partial charge is 0.375 e. The molecular weight excluding hydrogens is 314 g/mol. The molecular formula is C15H15N5S2. The first-order valence-electron chi connectivity index (χ1n) is 7.01. The van der Waals surface area contributed by atoms with Gasteiger partial charge in [-0.3, -0.25) is 5.43 Å². The van der Waals surface area contributed by atoms with Gasteiger partial charge in [-0.15, -0.1) is 11.3 Å². The van der Waals surface area contributed by atoms with Crippen LogP contribution >= 0.6 is 23.6 Å². The minimum Gasteiger partial charge on any atom is -0.375 e. The van der Waals surface area contributed by atoms with Crippen molar-refractivity contribution in [2.24, 2.45) is 10.8 Å². The zero-order chi connectivity index (χ0) is 15.5. The van der Waals surface area contributed by atoms with Gasteiger partial charge in [-0.25, -0.2) is 0 Å². The predicted octanol–water partition coefficient (Wildman–Crippen LogP) is 2.46. The van der Waals surface area contributed by atoms with Crippen LogP contribution in [-0.4, -0.2) is 15.9 Å². The molecule has 3 rings (SSSR count). The van der Waals surface area contributed by atoms with Crippen molar-refractivity contribution in [2.75, 3.05) is 0 Å². The van der Waals surface area contributed by atoms with Crippen molar-refractivity contribution in [3.8, 4) is 11.1 Å². The molecule has 0 fully saturated rings. The number of fused-ring (bicyclic) bond motifs is 1. The number of thiophene rings is 1. The van der Waals surface area contributed by atoms with E-state index in [1.54, 1.807) is 17.6 Å². The molecule has 0 saturated heterocycles. The van der Waals surface area contributed by atoms with E-state index in [0.717, 1.165) is 35.5 Å². The smallest absolute Gasteiger partial charge is 0.184 e. The molecule has 0 bridgehead atoms. The van der Waals surface area contributed by atoms with Crippen LogP contribution in [0, 0.1) is 11.3 Å². The molecule has 0 radical (unpaired) electrons. The summed E-state index contributed by atoms with van der Waals surface area (Å²) in [6.45, 7) is 0. The monoisotopic (exact) mass is 329 g/mol. The van der Waals surface area contributed by atoms with Crippen molar-refractivity contribution >= 4 is 34.9 Å². The Labute approximate surface area is 138 Å². The minimum atomic E-state index is 0.124. The summed E-state index contributed by atoms with van der Waals surface area (Å²) in [5.41, 5.74) is 10.8. The number of aryl methyl sites for hydroxylation is 1. The first-order chi connectivity index (χ1) is 10.7. The van der Waals surface area contributed by atoms with Gasteiger partial charge >= 0.3 is 0 Å². The molecule has 2 aromatic rings. The molecule has 112 valence electrons. The van der Waals surface area contributed by atoms with Crippen molar-refractivity contribution in [3.05, 3.63) is 40.0 Å². The van der Waals surface area contributed by atoms with E-state index in [9.17, 15) is 5.26 Å². The number of nitrogens with zero attached hydrogens (tertiary/aromatic N) is 3. The van der Waals surface area contributed by atoms with E-state index in [1.165, 1.54) is 16.9 Å². The lowest BCUT2D eigenvalue weighted by molar-refractivity contribution is 0.695. The molecule has 0 amide bonds. The molecule has 2 heterocycles. The molecule has 7 heteroatoms. The van der Waals surface area contributed by atoms with E-state index in [1.807, 2.05) is 22.9 Å². The number of hydrogen-bond donors (Lipinski definition) is 2. The zero-order valence-electron chi connectivity index (χ0n) is 11.9. The summed E-state index contributed by atoms with van der Waals surface area (Å²) < 4.78 is 1.99. The summed E-state index contributed by atoms with van der Waals surface area (Å²) in [7, 11) is 0. The van der Waals surface area contributed by atoms with Gasteiger partial charge < -0.3 is 10.3 Å². The maximum absolute atomic E-state index is 9.57. The van der Waals surface area contributed by atoms with Crippen molar-refractivity contribution in [2.45, 2.75) is 25.7 Å². The van der Waals surface area contributed by atoms with Gasteiger partial charge in [-0.2, -0.15) is 10.4 Å². The minimum absolute atomic E-state index is 0.124. The summed E-state index contributed by atoms with van der Waals surface area (Å²) >= 11 is 6.43. The van der Waals surface area contributed by atoms with Gasteiger partial charge in [0.05, 0.1) is 17.5 Å². The fraction of sp³-hybridized carbons (Fsp3) is 0.267. The predicted molar refractivity (Wildman–Crippen MR) is 92.5 cm³/mol. The zero-order valence-corrected chi connectivity index (χ0v) is 13.5. The van der Waals surface area contributed by atoms with Crippen molar-refractivity contribution in [1.82, 2.24) is 9.99 Å². The quantitative estimate of drug-likeness (QED) is 0.515. The molecule has 1 aliphatic rings. The van der Waals surface area contributed by atoms with Crippen LogP contribution in [0.2, 0.25) is 0 Å². The highest BCUT2D eigenvalue weighted by Crippen LogP contribution is 2.36. The van der Waals surface area contributed by atoms with Crippen molar-refractivity contribution in [1.29, 1.82) is 5.26 Å². The highest BCUT2D eigenvalue weighted by atomic mass is 32.1. The number of rotatable bonds is 3. The highest BCUT2D eigenvalue weighted by molar-refractivity contribution is 7.80. The average Bonchev–Trinajstić information content (AvgIpc) is 3.09. The van der Waals surface area contributed by atoms with E-state index in [4.69, 9.17) is 18.0 Å². The topological polar surface area (TPSA) is 79.1 Å². The van der Waals surface area contributed by atoms with Crippen molar-refractivity contribution < 1.29 is 0 Å². The molecule has 0 atom stereocenters. The van der Waals surface area contributed by atoms with Crippen LogP contribution in [0.4, 0.5) is 0 Å². The maximum Gasteiger partial charge on any atom is 0.184 e. The fourth-order valence-corrected chi connectivity index (χ4v) is 4.08. The molecule has 0 aromatic carbocycles. The van der Waals surface area contributed by atoms with E-state index in [2.05, 4.69) is 16.6 Å². The standard InChI is InChI=1S/C15H15N5S2/c16-8-12-11-5-1-2-6-13(11)22-14(12)20-7-3-4-10(20)9-18-19-15(17)21/h3-4,7,9H,1-2,5-6H2,(H3,17,19,21)/b18-9+. The lowest BCUT2D eigenvalue weighted by Gasteiger charge is -2.09. The Morgan fingerprint density at radius 2 is 2.32 bits per heavy atom. The van der Waals surface area contributed by atoms with E-state index in [-0.39, 0.29) is 5.11 Å². The second kappa shape index (κ2) is 6.30. The van der Waals surface area contributed by atoms with Gasteiger partial charge in [0, 0.05) is 11.1 Å². The highest BCUT2D eigenvalue weighted by Gasteiger charge is 2.22. The van der Waals surface area contributed by atoms with Crippen LogP contribution in [0.3, 0.4) is 0 Å². The van der Waals surface area contributed by atoms with Gasteiger partial charge in [0.1, 0.15) is 11.1 Å². The van der Waals surface area contributed by atoms with Crippen LogP contribution < -0.4 is 11.2 Å². The molecule has 5 nitrogen and oxygen atoms in total. The molecule has 0 saturated carbocycles. The van der Waals surface area contributed by atoms with Crippen LogP contribution in [0.5, 0.6) is 0 Å². The number of hydrogen-bond acceptors (Lipinski definition) is 4. The normalized spacial score (nSPS) is 13.8. The van der Waals surface area contributed by atoms with Crippen LogP contribution in [0.25, 0.3) is 5.00 Å². The number of nitrogens with one attached hydrogen (secondary N) is 1. The number of nitrogens with two attached hydrogens (primary N) is 1. The fourth-order valence-electron chi connectivity index (χ4n) is 2.68. The molecule has 1 aliphatic carbocycles. The Hall–Kier alpha value is -2.17. The third-order valence-electron chi connectivity index (χ3n) is 3.64. The Bertz CT molecular complexity index is 778. The van der Waals surface area contributed by atoms with Gasteiger partial charge in [-0.05, 0) is 55.6 Å². The number of thiocarbonyl (C=S) groups is 1. The molecule has 0 aliphatic heterocycles. The Morgan fingerprint density at radius 1 is 1.50 bits per heavy atom. The first-order valence-corrected chi connectivity index (χ1v) is 8.24. The summed E-state index contributed by atoms with van der Waals surface area (Å²) in [5, 5.41) is 14.7. The van der Waals surface area contributed by atoms with Crippen LogP contribution in [0.1, 0.15) is 34.5 Å². The first kappa shape index (κ1) is 14.8. The van der Waals surface area contributed by atoms with Gasteiger partial charge in [0.25, 0.3) is 0 Å².